The second kappa shape index (κ2) is 6.09. The van der Waals surface area contributed by atoms with E-state index in [2.05, 4.69) is 10.6 Å². The summed E-state index contributed by atoms with van der Waals surface area (Å²) >= 11 is 0. The summed E-state index contributed by atoms with van der Waals surface area (Å²) in [5.74, 6) is 0.188. The molecule has 2 aliphatic heterocycles. The summed E-state index contributed by atoms with van der Waals surface area (Å²) in [6.45, 7) is 2.10. The molecule has 2 fully saturated rings. The van der Waals surface area contributed by atoms with Gasteiger partial charge in [0.05, 0.1) is 12.5 Å². The summed E-state index contributed by atoms with van der Waals surface area (Å²) in [5, 5.41) is 5.98. The molecule has 19 heavy (non-hydrogen) atoms. The average Bonchev–Trinajstić information content (AvgIpc) is 2.94. The van der Waals surface area contributed by atoms with Gasteiger partial charge in [-0.1, -0.05) is 0 Å². The quantitative estimate of drug-likeness (QED) is 0.792. The Kier molecular flexibility index (Phi) is 4.67. The van der Waals surface area contributed by atoms with Gasteiger partial charge in [-0.25, -0.2) is 0 Å². The van der Waals surface area contributed by atoms with E-state index in [-0.39, 0.29) is 17.7 Å². The molecule has 4 nitrogen and oxygen atoms in total. The number of nitrogens with one attached hydrogen (secondary N) is 2. The van der Waals surface area contributed by atoms with Crippen molar-refractivity contribution in [3.8, 4) is 0 Å². The van der Waals surface area contributed by atoms with Crippen LogP contribution in [-0.4, -0.2) is 56.3 Å². The Labute approximate surface area is 110 Å². The minimum Gasteiger partial charge on any atom is -0.355 e. The third-order valence-electron chi connectivity index (χ3n) is 3.77. The second-order valence-electron chi connectivity index (χ2n) is 5.44. The maximum atomic E-state index is 12.2. The van der Waals surface area contributed by atoms with Crippen LogP contribution in [0.2, 0.25) is 0 Å². The first kappa shape index (κ1) is 14.6. The molecule has 0 aliphatic carbocycles. The molecule has 110 valence electrons. The zero-order chi connectivity index (χ0) is 13.9. The van der Waals surface area contributed by atoms with Crippen molar-refractivity contribution in [2.45, 2.75) is 19.0 Å². The van der Waals surface area contributed by atoms with Gasteiger partial charge in [-0.15, -0.1) is 0 Å². The molecule has 0 aromatic rings. The second-order valence-corrected chi connectivity index (χ2v) is 5.44. The average molecular weight is 279 g/mol. The highest BCUT2D eigenvalue weighted by atomic mass is 19.4. The summed E-state index contributed by atoms with van der Waals surface area (Å²) in [5.41, 5.74) is 0. The Morgan fingerprint density at radius 1 is 1.37 bits per heavy atom. The molecule has 2 aliphatic rings. The van der Waals surface area contributed by atoms with Crippen LogP contribution < -0.4 is 10.6 Å². The SMILES string of the molecule is O=C(NCC1CCN(CC(F)(F)F)C1)C1CCNC1. The number of rotatable bonds is 4. The zero-order valence-electron chi connectivity index (χ0n) is 10.8. The van der Waals surface area contributed by atoms with Gasteiger partial charge >= 0.3 is 6.18 Å². The Morgan fingerprint density at radius 3 is 2.79 bits per heavy atom. The normalized spacial score (nSPS) is 28.8. The molecule has 0 spiro atoms. The molecular weight excluding hydrogens is 259 g/mol. The van der Waals surface area contributed by atoms with E-state index in [0.29, 0.717) is 26.2 Å². The highest BCUT2D eigenvalue weighted by molar-refractivity contribution is 5.79. The largest absolute Gasteiger partial charge is 0.401 e. The van der Waals surface area contributed by atoms with Crippen molar-refractivity contribution in [2.24, 2.45) is 11.8 Å². The number of amides is 1. The lowest BCUT2D eigenvalue weighted by Crippen LogP contribution is -2.37. The predicted octanol–water partition coefficient (Wildman–Crippen LogP) is 0.596. The summed E-state index contributed by atoms with van der Waals surface area (Å²) in [7, 11) is 0. The molecule has 2 heterocycles. The smallest absolute Gasteiger partial charge is 0.355 e. The third kappa shape index (κ3) is 4.65. The predicted molar refractivity (Wildman–Crippen MR) is 64.6 cm³/mol. The molecule has 2 rings (SSSR count). The van der Waals surface area contributed by atoms with E-state index in [9.17, 15) is 18.0 Å². The fourth-order valence-electron chi connectivity index (χ4n) is 2.74. The molecule has 2 saturated heterocycles. The lowest BCUT2D eigenvalue weighted by Gasteiger charge is -2.18. The highest BCUT2D eigenvalue weighted by Crippen LogP contribution is 2.22. The zero-order valence-corrected chi connectivity index (χ0v) is 10.8. The van der Waals surface area contributed by atoms with Crippen LogP contribution in [0.4, 0.5) is 13.2 Å². The Bertz CT molecular complexity index is 316. The highest BCUT2D eigenvalue weighted by Gasteiger charge is 2.34. The van der Waals surface area contributed by atoms with Crippen LogP contribution >= 0.6 is 0 Å². The molecule has 0 aromatic heterocycles. The summed E-state index contributed by atoms with van der Waals surface area (Å²) in [6, 6.07) is 0. The van der Waals surface area contributed by atoms with E-state index < -0.39 is 12.7 Å². The number of halogens is 3. The first-order valence-corrected chi connectivity index (χ1v) is 6.71. The van der Waals surface area contributed by atoms with Gasteiger partial charge < -0.3 is 10.6 Å². The van der Waals surface area contributed by atoms with Crippen molar-refractivity contribution in [2.75, 3.05) is 39.3 Å². The maximum absolute atomic E-state index is 12.2. The van der Waals surface area contributed by atoms with E-state index in [4.69, 9.17) is 0 Å². The van der Waals surface area contributed by atoms with Gasteiger partial charge in [0, 0.05) is 19.6 Å². The van der Waals surface area contributed by atoms with Gasteiger partial charge in [0.15, 0.2) is 0 Å². The standard InChI is InChI=1S/C12H20F3N3O/c13-12(14,15)8-18-4-2-9(7-18)5-17-11(19)10-1-3-16-6-10/h9-10,16H,1-8H2,(H,17,19). The molecule has 2 unspecified atom stereocenters. The summed E-state index contributed by atoms with van der Waals surface area (Å²) in [6.07, 6.45) is -2.57. The number of alkyl halides is 3. The molecule has 0 saturated carbocycles. The van der Waals surface area contributed by atoms with Crippen molar-refractivity contribution >= 4 is 5.91 Å². The Hall–Kier alpha value is -0.820. The molecule has 7 heteroatoms. The number of carbonyl (C=O) groups excluding carboxylic acids is 1. The summed E-state index contributed by atoms with van der Waals surface area (Å²) < 4.78 is 36.7. The van der Waals surface area contributed by atoms with Gasteiger partial charge in [-0.2, -0.15) is 13.2 Å². The molecule has 0 radical (unpaired) electrons. The van der Waals surface area contributed by atoms with Crippen molar-refractivity contribution in [3.05, 3.63) is 0 Å². The number of carbonyl (C=O) groups is 1. The number of likely N-dealkylation sites (tertiary alicyclic amines) is 1. The van der Waals surface area contributed by atoms with Crippen molar-refractivity contribution < 1.29 is 18.0 Å². The van der Waals surface area contributed by atoms with Gasteiger partial charge in [-0.05, 0) is 31.8 Å². The van der Waals surface area contributed by atoms with E-state index in [0.717, 1.165) is 19.4 Å². The van der Waals surface area contributed by atoms with E-state index in [1.165, 1.54) is 4.90 Å². The third-order valence-corrected chi connectivity index (χ3v) is 3.77. The fraction of sp³-hybridized carbons (Fsp3) is 0.917. The number of hydrogen-bond acceptors (Lipinski definition) is 3. The van der Waals surface area contributed by atoms with Crippen LogP contribution in [0.5, 0.6) is 0 Å². The van der Waals surface area contributed by atoms with Crippen LogP contribution in [0, 0.1) is 11.8 Å². The molecule has 0 aromatic carbocycles. The Morgan fingerprint density at radius 2 is 2.16 bits per heavy atom. The van der Waals surface area contributed by atoms with Crippen molar-refractivity contribution in [1.82, 2.24) is 15.5 Å². The van der Waals surface area contributed by atoms with Gasteiger partial charge in [0.25, 0.3) is 0 Å². The Balaban J connectivity index is 1.66. The first-order chi connectivity index (χ1) is 8.94. The molecule has 1 amide bonds. The maximum Gasteiger partial charge on any atom is 0.401 e. The molecule has 2 atom stereocenters. The first-order valence-electron chi connectivity index (χ1n) is 6.71. The topological polar surface area (TPSA) is 44.4 Å². The lowest BCUT2D eigenvalue weighted by molar-refractivity contribution is -0.143. The molecular formula is C12H20F3N3O. The van der Waals surface area contributed by atoms with E-state index in [1.54, 1.807) is 0 Å². The van der Waals surface area contributed by atoms with Crippen LogP contribution in [0.15, 0.2) is 0 Å². The minimum atomic E-state index is -4.13. The minimum absolute atomic E-state index is 0.0210. The number of nitrogens with zero attached hydrogens (tertiary/aromatic N) is 1. The van der Waals surface area contributed by atoms with Crippen LogP contribution in [0.25, 0.3) is 0 Å². The lowest BCUT2D eigenvalue weighted by atomic mass is 10.1. The van der Waals surface area contributed by atoms with Gasteiger partial charge in [0.1, 0.15) is 0 Å². The van der Waals surface area contributed by atoms with Gasteiger partial charge in [0.2, 0.25) is 5.91 Å². The van der Waals surface area contributed by atoms with E-state index in [1.807, 2.05) is 0 Å². The van der Waals surface area contributed by atoms with Crippen molar-refractivity contribution in [1.29, 1.82) is 0 Å². The monoisotopic (exact) mass is 279 g/mol. The molecule has 0 bridgehead atoms. The fourth-order valence-corrected chi connectivity index (χ4v) is 2.74. The van der Waals surface area contributed by atoms with Gasteiger partial charge in [-0.3, -0.25) is 9.69 Å². The number of hydrogen-bond donors (Lipinski definition) is 2. The van der Waals surface area contributed by atoms with E-state index >= 15 is 0 Å². The van der Waals surface area contributed by atoms with Crippen LogP contribution in [0.3, 0.4) is 0 Å². The summed E-state index contributed by atoms with van der Waals surface area (Å²) in [4.78, 5) is 13.2. The molecule has 2 N–H and O–H groups in total. The van der Waals surface area contributed by atoms with Crippen molar-refractivity contribution in [3.63, 3.8) is 0 Å². The van der Waals surface area contributed by atoms with Crippen LogP contribution in [-0.2, 0) is 4.79 Å². The van der Waals surface area contributed by atoms with Crippen LogP contribution in [0.1, 0.15) is 12.8 Å².